The average Bonchev–Trinajstić information content (AvgIpc) is 3.21. The Bertz CT molecular complexity index is 1010. The van der Waals surface area contributed by atoms with E-state index in [9.17, 15) is 0 Å². The van der Waals surface area contributed by atoms with Crippen molar-refractivity contribution in [2.45, 2.75) is 19.9 Å². The van der Waals surface area contributed by atoms with E-state index in [1.807, 2.05) is 35.5 Å². The van der Waals surface area contributed by atoms with Crippen LogP contribution in [-0.2, 0) is 0 Å². The van der Waals surface area contributed by atoms with Crippen molar-refractivity contribution >= 4 is 17.0 Å². The van der Waals surface area contributed by atoms with Gasteiger partial charge in [-0.1, -0.05) is 0 Å². The van der Waals surface area contributed by atoms with Gasteiger partial charge in [0.2, 0.25) is 5.95 Å². The summed E-state index contributed by atoms with van der Waals surface area (Å²) in [6.07, 6.45) is 9.28. The van der Waals surface area contributed by atoms with E-state index in [1.165, 1.54) is 0 Å². The molecular formula is C17H17N7. The van der Waals surface area contributed by atoms with Crippen molar-refractivity contribution in [1.29, 1.82) is 0 Å². The monoisotopic (exact) mass is 319 g/mol. The van der Waals surface area contributed by atoms with E-state index in [0.29, 0.717) is 6.04 Å². The summed E-state index contributed by atoms with van der Waals surface area (Å²) in [5, 5.41) is 5.38. The summed E-state index contributed by atoms with van der Waals surface area (Å²) >= 11 is 0. The molecule has 0 bridgehead atoms. The van der Waals surface area contributed by atoms with Crippen molar-refractivity contribution in [2.75, 3.05) is 5.73 Å². The highest BCUT2D eigenvalue weighted by Crippen LogP contribution is 2.30. The van der Waals surface area contributed by atoms with Gasteiger partial charge in [-0.2, -0.15) is 5.10 Å². The Morgan fingerprint density at radius 1 is 1.17 bits per heavy atom. The van der Waals surface area contributed by atoms with E-state index < -0.39 is 0 Å². The quantitative estimate of drug-likeness (QED) is 0.605. The minimum Gasteiger partial charge on any atom is -0.368 e. The molecular weight excluding hydrogens is 302 g/mol. The standard InChI is InChI=1S/C17H17N7/c1-10(2)24-9-12(7-22-24)11-5-13-14(8-21-16(13)20-6-11)15-3-4-19-17(18)23-15/h3-10H,1-2H3,(H,20,21)(H2,18,19,23). The van der Waals surface area contributed by atoms with Crippen molar-refractivity contribution < 1.29 is 0 Å². The van der Waals surface area contributed by atoms with E-state index in [1.54, 1.807) is 6.20 Å². The third-order valence-corrected chi connectivity index (χ3v) is 3.95. The molecule has 0 atom stereocenters. The number of rotatable bonds is 3. The molecule has 0 aromatic carbocycles. The van der Waals surface area contributed by atoms with Crippen LogP contribution in [0.1, 0.15) is 19.9 Å². The maximum atomic E-state index is 5.70. The molecule has 0 saturated carbocycles. The molecule has 0 spiro atoms. The summed E-state index contributed by atoms with van der Waals surface area (Å²) in [6.45, 7) is 4.20. The van der Waals surface area contributed by atoms with Gasteiger partial charge in [-0.05, 0) is 26.0 Å². The van der Waals surface area contributed by atoms with Gasteiger partial charge >= 0.3 is 0 Å². The Morgan fingerprint density at radius 2 is 2.04 bits per heavy atom. The lowest BCUT2D eigenvalue weighted by atomic mass is 10.1. The number of hydrogen-bond donors (Lipinski definition) is 2. The summed E-state index contributed by atoms with van der Waals surface area (Å²) in [6, 6.07) is 4.25. The molecule has 24 heavy (non-hydrogen) atoms. The lowest BCUT2D eigenvalue weighted by Crippen LogP contribution is -1.99. The number of fused-ring (bicyclic) bond motifs is 1. The Kier molecular flexibility index (Phi) is 3.26. The van der Waals surface area contributed by atoms with Gasteiger partial charge in [-0.15, -0.1) is 0 Å². The number of nitrogens with zero attached hydrogens (tertiary/aromatic N) is 5. The summed E-state index contributed by atoms with van der Waals surface area (Å²) < 4.78 is 1.93. The summed E-state index contributed by atoms with van der Waals surface area (Å²) in [5.41, 5.74) is 10.3. The van der Waals surface area contributed by atoms with Crippen molar-refractivity contribution in [3.05, 3.63) is 43.1 Å². The molecule has 7 heteroatoms. The molecule has 7 nitrogen and oxygen atoms in total. The van der Waals surface area contributed by atoms with Gasteiger partial charge in [-0.3, -0.25) is 4.68 Å². The van der Waals surface area contributed by atoms with Crippen LogP contribution in [0.3, 0.4) is 0 Å². The van der Waals surface area contributed by atoms with Crippen LogP contribution in [0.15, 0.2) is 43.1 Å². The number of aromatic amines is 1. The van der Waals surface area contributed by atoms with Crippen LogP contribution in [0.2, 0.25) is 0 Å². The van der Waals surface area contributed by atoms with E-state index in [0.717, 1.165) is 33.4 Å². The highest BCUT2D eigenvalue weighted by molar-refractivity contribution is 5.94. The average molecular weight is 319 g/mol. The molecule has 0 fully saturated rings. The third kappa shape index (κ3) is 2.40. The van der Waals surface area contributed by atoms with Crippen LogP contribution in [0.5, 0.6) is 0 Å². The molecule has 4 heterocycles. The number of H-pyrrole nitrogens is 1. The third-order valence-electron chi connectivity index (χ3n) is 3.95. The van der Waals surface area contributed by atoms with Crippen LogP contribution in [0.25, 0.3) is 33.4 Å². The topological polar surface area (TPSA) is 98.3 Å². The molecule has 4 rings (SSSR count). The second-order valence-corrected chi connectivity index (χ2v) is 5.93. The van der Waals surface area contributed by atoms with E-state index in [-0.39, 0.29) is 5.95 Å². The Hall–Kier alpha value is -3.22. The van der Waals surface area contributed by atoms with Crippen LogP contribution in [0, 0.1) is 0 Å². The minimum absolute atomic E-state index is 0.254. The molecule has 0 unspecified atom stereocenters. The van der Waals surface area contributed by atoms with E-state index >= 15 is 0 Å². The minimum atomic E-state index is 0.254. The number of nitrogens with two attached hydrogens (primary N) is 1. The number of nitrogens with one attached hydrogen (secondary N) is 1. The Balaban J connectivity index is 1.83. The molecule has 3 N–H and O–H groups in total. The zero-order valence-electron chi connectivity index (χ0n) is 13.4. The van der Waals surface area contributed by atoms with Gasteiger partial charge in [0.05, 0.1) is 11.9 Å². The first-order valence-corrected chi connectivity index (χ1v) is 7.72. The fraction of sp³-hybridized carbons (Fsp3) is 0.176. The van der Waals surface area contributed by atoms with Gasteiger partial charge in [0, 0.05) is 52.9 Å². The Morgan fingerprint density at radius 3 is 2.79 bits per heavy atom. The maximum absolute atomic E-state index is 5.70. The molecule has 0 amide bonds. The number of pyridine rings is 1. The van der Waals surface area contributed by atoms with Crippen LogP contribution >= 0.6 is 0 Å². The summed E-state index contributed by atoms with van der Waals surface area (Å²) in [7, 11) is 0. The number of nitrogen functional groups attached to an aromatic ring is 1. The zero-order valence-corrected chi connectivity index (χ0v) is 13.4. The molecule has 0 aliphatic rings. The smallest absolute Gasteiger partial charge is 0.220 e. The largest absolute Gasteiger partial charge is 0.368 e. The fourth-order valence-electron chi connectivity index (χ4n) is 2.67. The maximum Gasteiger partial charge on any atom is 0.220 e. The zero-order chi connectivity index (χ0) is 16.7. The number of aromatic nitrogens is 6. The van der Waals surface area contributed by atoms with Gasteiger partial charge in [0.25, 0.3) is 0 Å². The van der Waals surface area contributed by atoms with Crippen LogP contribution in [0.4, 0.5) is 5.95 Å². The van der Waals surface area contributed by atoms with E-state index in [4.69, 9.17) is 5.73 Å². The second kappa shape index (κ2) is 5.45. The molecule has 4 aromatic heterocycles. The van der Waals surface area contributed by atoms with E-state index in [2.05, 4.69) is 44.9 Å². The highest BCUT2D eigenvalue weighted by Gasteiger charge is 2.12. The summed E-state index contributed by atoms with van der Waals surface area (Å²) in [5.74, 6) is 0.254. The van der Waals surface area contributed by atoms with Gasteiger partial charge in [-0.25, -0.2) is 15.0 Å². The van der Waals surface area contributed by atoms with Crippen LogP contribution in [-0.4, -0.2) is 29.7 Å². The fourth-order valence-corrected chi connectivity index (χ4v) is 2.67. The first-order valence-electron chi connectivity index (χ1n) is 7.72. The SMILES string of the molecule is CC(C)n1cc(-c2cnc3[nH]cc(-c4ccnc(N)n4)c3c2)cn1. The van der Waals surface area contributed by atoms with Gasteiger partial charge in [0.15, 0.2) is 0 Å². The first kappa shape index (κ1) is 14.4. The highest BCUT2D eigenvalue weighted by atomic mass is 15.3. The van der Waals surface area contributed by atoms with Crippen molar-refractivity contribution in [3.63, 3.8) is 0 Å². The number of anilines is 1. The number of hydrogen-bond acceptors (Lipinski definition) is 5. The lowest BCUT2D eigenvalue weighted by Gasteiger charge is -2.03. The van der Waals surface area contributed by atoms with Gasteiger partial charge in [0.1, 0.15) is 5.65 Å². The molecule has 0 aliphatic heterocycles. The van der Waals surface area contributed by atoms with Crippen molar-refractivity contribution in [2.24, 2.45) is 0 Å². The molecule has 120 valence electrons. The van der Waals surface area contributed by atoms with Crippen LogP contribution < -0.4 is 5.73 Å². The second-order valence-electron chi connectivity index (χ2n) is 5.93. The van der Waals surface area contributed by atoms with Gasteiger partial charge < -0.3 is 10.7 Å². The molecule has 4 aromatic rings. The normalized spacial score (nSPS) is 11.5. The summed E-state index contributed by atoms with van der Waals surface area (Å²) in [4.78, 5) is 15.9. The van der Waals surface area contributed by atoms with Crippen molar-refractivity contribution in [3.8, 4) is 22.4 Å². The first-order chi connectivity index (χ1) is 11.6. The van der Waals surface area contributed by atoms with Crippen molar-refractivity contribution in [1.82, 2.24) is 29.7 Å². The molecule has 0 saturated heterocycles. The predicted molar refractivity (Wildman–Crippen MR) is 93.1 cm³/mol. The lowest BCUT2D eigenvalue weighted by molar-refractivity contribution is 0.532. The predicted octanol–water partition coefficient (Wildman–Crippen LogP) is 3.05. The molecule has 0 radical (unpaired) electrons. The molecule has 0 aliphatic carbocycles. The Labute approximate surface area is 138 Å².